The predicted molar refractivity (Wildman–Crippen MR) is 227 cm³/mol. The molecule has 0 bridgehead atoms. The van der Waals surface area contributed by atoms with Crippen molar-refractivity contribution in [3.63, 3.8) is 0 Å². The molecule has 2 N–H and O–H groups in total. The lowest BCUT2D eigenvalue weighted by Gasteiger charge is -2.19. The zero-order valence-corrected chi connectivity index (χ0v) is 36.9. The fourth-order valence-electron chi connectivity index (χ4n) is 6.62. The Morgan fingerprint density at radius 1 is 0.327 bits per heavy atom. The minimum atomic E-state index is -0.439. The first kappa shape index (κ1) is 52.7. The predicted octanol–water partition coefficient (Wildman–Crippen LogP) is 13.6. The highest BCUT2D eigenvalue weighted by molar-refractivity contribution is 5.85. The lowest BCUT2D eigenvalue weighted by molar-refractivity contribution is -0.159. The van der Waals surface area contributed by atoms with Crippen LogP contribution in [0.3, 0.4) is 0 Å². The van der Waals surface area contributed by atoms with Crippen molar-refractivity contribution < 1.29 is 33.4 Å². The first-order valence-corrected chi connectivity index (χ1v) is 23.0. The zero-order chi connectivity index (χ0) is 40.9. The summed E-state index contributed by atoms with van der Waals surface area (Å²) in [5, 5.41) is 5.65. The van der Waals surface area contributed by atoms with E-state index in [9.17, 15) is 19.2 Å². The van der Waals surface area contributed by atoms with Gasteiger partial charge in [0.1, 0.15) is 11.2 Å². The van der Waals surface area contributed by atoms with Crippen LogP contribution in [0, 0.1) is 0 Å². The van der Waals surface area contributed by atoms with Gasteiger partial charge in [0.25, 0.3) is 0 Å². The van der Waals surface area contributed by atoms with Gasteiger partial charge in [-0.05, 0) is 67.2 Å². The van der Waals surface area contributed by atoms with Gasteiger partial charge < -0.3 is 24.8 Å². The highest BCUT2D eigenvalue weighted by Crippen LogP contribution is 2.16. The molecule has 0 saturated heterocycles. The normalized spacial score (nSPS) is 11.7. The molecule has 324 valence electrons. The van der Waals surface area contributed by atoms with Crippen LogP contribution in [-0.4, -0.2) is 48.4 Å². The van der Waals surface area contributed by atoms with E-state index in [1.807, 2.05) is 41.5 Å². The van der Waals surface area contributed by atoms with E-state index >= 15 is 0 Å². The van der Waals surface area contributed by atoms with Crippen LogP contribution in [0.2, 0.25) is 0 Å². The van der Waals surface area contributed by atoms with Gasteiger partial charge in [0, 0.05) is 25.9 Å². The summed E-state index contributed by atoms with van der Waals surface area (Å²) < 4.78 is 15.5. The highest BCUT2D eigenvalue weighted by atomic mass is 16.6. The molecule has 2 amide bonds. The van der Waals surface area contributed by atoms with E-state index in [2.05, 4.69) is 10.6 Å². The summed E-state index contributed by atoms with van der Waals surface area (Å²) in [5.74, 6) is -0.713. The number of carbonyl (C=O) groups excluding carboxylic acids is 4. The number of nitrogens with one attached hydrogen (secondary N) is 2. The topological polar surface area (TPSA) is 120 Å². The summed E-state index contributed by atoms with van der Waals surface area (Å²) in [5.41, 5.74) is -0.877. The van der Waals surface area contributed by atoms with Crippen LogP contribution in [0.15, 0.2) is 0 Å². The number of hydrogen-bond acceptors (Lipinski definition) is 7. The van der Waals surface area contributed by atoms with Gasteiger partial charge in [-0.2, -0.15) is 0 Å². The highest BCUT2D eigenvalue weighted by Gasteiger charge is 2.16. The SMILES string of the molecule is CC(C)(C)OC(=O)NCCCCCCCCCCCCCCCCCC(=O)OC(=O)CCCCCCCCCCCCCCCCCNC(=O)OC(C)(C)C. The number of amides is 2. The third kappa shape index (κ3) is 44.3. The zero-order valence-electron chi connectivity index (χ0n) is 36.9. The summed E-state index contributed by atoms with van der Waals surface area (Å²) in [7, 11) is 0. The van der Waals surface area contributed by atoms with Crippen LogP contribution in [0.25, 0.3) is 0 Å². The molecule has 0 aliphatic rings. The Morgan fingerprint density at radius 3 is 0.745 bits per heavy atom. The van der Waals surface area contributed by atoms with Gasteiger partial charge in [0.05, 0.1) is 0 Å². The van der Waals surface area contributed by atoms with Crippen LogP contribution >= 0.6 is 0 Å². The molecular formula is C46H88N2O7. The summed E-state index contributed by atoms with van der Waals surface area (Å²) in [6, 6.07) is 0. The van der Waals surface area contributed by atoms with Crippen molar-refractivity contribution in [1.82, 2.24) is 10.6 Å². The standard InChI is InChI=1S/C46H88N2O7/c1-45(2,3)54-43(51)47-39-35-31-27-23-19-15-11-7-9-13-17-21-25-29-33-37-41(49)53-42(50)38-34-30-26-22-18-14-10-8-12-16-20-24-28-32-36-40-48-44(52)55-46(4,5)6/h7-40H2,1-6H3,(H,47,51)(H,48,52). The number of hydrogen-bond donors (Lipinski definition) is 2. The number of carbonyl (C=O) groups is 4. The second kappa shape index (κ2) is 36.0. The van der Waals surface area contributed by atoms with Gasteiger partial charge in [0.2, 0.25) is 0 Å². The third-order valence-electron chi connectivity index (χ3n) is 9.68. The molecule has 0 saturated carbocycles. The molecule has 0 aliphatic heterocycles. The maximum atomic E-state index is 12.0. The quantitative estimate of drug-likeness (QED) is 0.0281. The molecule has 0 fully saturated rings. The Labute approximate surface area is 338 Å². The van der Waals surface area contributed by atoms with Gasteiger partial charge in [-0.25, -0.2) is 9.59 Å². The van der Waals surface area contributed by atoms with E-state index in [1.165, 1.54) is 128 Å². The Balaban J connectivity index is 3.33. The van der Waals surface area contributed by atoms with Gasteiger partial charge in [-0.3, -0.25) is 9.59 Å². The van der Waals surface area contributed by atoms with Crippen LogP contribution in [0.1, 0.15) is 247 Å². The second-order valence-corrected chi connectivity index (χ2v) is 17.8. The maximum absolute atomic E-state index is 12.0. The summed E-state index contributed by atoms with van der Waals surface area (Å²) in [4.78, 5) is 47.3. The van der Waals surface area contributed by atoms with Crippen LogP contribution < -0.4 is 10.6 Å². The average Bonchev–Trinajstić information content (AvgIpc) is 3.09. The molecule has 0 spiro atoms. The Hall–Kier alpha value is -2.32. The van der Waals surface area contributed by atoms with Crippen molar-refractivity contribution in [1.29, 1.82) is 0 Å². The number of ether oxygens (including phenoxy) is 3. The van der Waals surface area contributed by atoms with Gasteiger partial charge in [-0.15, -0.1) is 0 Å². The average molecular weight is 781 g/mol. The minimum absolute atomic E-state index is 0.320. The Bertz CT molecular complexity index is 868. The van der Waals surface area contributed by atoms with E-state index in [4.69, 9.17) is 14.2 Å². The van der Waals surface area contributed by atoms with Crippen molar-refractivity contribution in [3.05, 3.63) is 0 Å². The van der Waals surface area contributed by atoms with Gasteiger partial charge in [0.15, 0.2) is 0 Å². The fraction of sp³-hybridized carbons (Fsp3) is 0.913. The number of unbranched alkanes of at least 4 members (excludes halogenated alkanes) is 28. The summed E-state index contributed by atoms with van der Waals surface area (Å²) >= 11 is 0. The van der Waals surface area contributed by atoms with Crippen LogP contribution in [-0.2, 0) is 23.8 Å². The van der Waals surface area contributed by atoms with Crippen molar-refractivity contribution in [3.8, 4) is 0 Å². The largest absolute Gasteiger partial charge is 0.444 e. The molecule has 0 rings (SSSR count). The van der Waals surface area contributed by atoms with Crippen LogP contribution in [0.5, 0.6) is 0 Å². The Kier molecular flexibility index (Phi) is 34.5. The summed E-state index contributed by atoms with van der Waals surface area (Å²) in [6.07, 6.45) is 36.1. The molecule has 9 heteroatoms. The number of esters is 2. The van der Waals surface area contributed by atoms with Gasteiger partial charge >= 0.3 is 24.1 Å². The van der Waals surface area contributed by atoms with Crippen molar-refractivity contribution in [2.45, 2.75) is 258 Å². The van der Waals surface area contributed by atoms with E-state index in [0.717, 1.165) is 64.2 Å². The molecule has 0 aromatic carbocycles. The van der Waals surface area contributed by atoms with Crippen molar-refractivity contribution in [2.75, 3.05) is 13.1 Å². The summed E-state index contributed by atoms with van der Waals surface area (Å²) in [6.45, 7) is 12.6. The first-order valence-electron chi connectivity index (χ1n) is 23.0. The molecule has 0 atom stereocenters. The van der Waals surface area contributed by atoms with E-state index in [1.54, 1.807) is 0 Å². The molecule has 0 unspecified atom stereocenters. The number of alkyl carbamates (subject to hydrolysis) is 2. The monoisotopic (exact) mass is 781 g/mol. The van der Waals surface area contributed by atoms with Crippen LogP contribution in [0.4, 0.5) is 9.59 Å². The van der Waals surface area contributed by atoms with E-state index in [-0.39, 0.29) is 24.1 Å². The lowest BCUT2D eigenvalue weighted by Crippen LogP contribution is -2.32. The van der Waals surface area contributed by atoms with E-state index < -0.39 is 11.2 Å². The molecule has 55 heavy (non-hydrogen) atoms. The molecule has 0 aromatic heterocycles. The molecule has 0 aliphatic carbocycles. The molecule has 0 aromatic rings. The van der Waals surface area contributed by atoms with E-state index in [0.29, 0.717) is 25.9 Å². The number of rotatable bonds is 36. The minimum Gasteiger partial charge on any atom is -0.444 e. The Morgan fingerprint density at radius 2 is 0.527 bits per heavy atom. The molecule has 0 radical (unpaired) electrons. The first-order chi connectivity index (χ1) is 26.3. The van der Waals surface area contributed by atoms with Crippen molar-refractivity contribution in [2.24, 2.45) is 0 Å². The third-order valence-corrected chi connectivity index (χ3v) is 9.68. The lowest BCUT2D eigenvalue weighted by atomic mass is 10.0. The smallest absolute Gasteiger partial charge is 0.407 e. The fourth-order valence-corrected chi connectivity index (χ4v) is 6.62. The van der Waals surface area contributed by atoms with Crippen molar-refractivity contribution >= 4 is 24.1 Å². The molecular weight excluding hydrogens is 693 g/mol. The second-order valence-electron chi connectivity index (χ2n) is 17.8. The van der Waals surface area contributed by atoms with Gasteiger partial charge in [-0.1, -0.05) is 167 Å². The molecule has 9 nitrogen and oxygen atoms in total. The maximum Gasteiger partial charge on any atom is 0.407 e. The molecule has 0 heterocycles.